The van der Waals surface area contributed by atoms with Crippen LogP contribution in [-0.2, 0) is 39.7 Å². The van der Waals surface area contributed by atoms with Gasteiger partial charge in [0.05, 0.1) is 55.7 Å². The molecule has 0 unspecified atom stereocenters. The Balaban J connectivity index is 0.00000800. The van der Waals surface area contributed by atoms with Gasteiger partial charge in [-0.2, -0.15) is 0 Å². The van der Waals surface area contributed by atoms with Crippen LogP contribution in [0.25, 0.3) is 0 Å². The van der Waals surface area contributed by atoms with Crippen molar-refractivity contribution in [3.05, 3.63) is 29.3 Å². The minimum absolute atomic E-state index is 0. The molecule has 0 bridgehead atoms. The second-order valence-corrected chi connectivity index (χ2v) is 8.40. The molecule has 0 amide bonds. The van der Waals surface area contributed by atoms with E-state index in [0.29, 0.717) is 34.1 Å². The summed E-state index contributed by atoms with van der Waals surface area (Å²) in [5, 5.41) is 29.8. The van der Waals surface area contributed by atoms with Gasteiger partial charge < -0.3 is 49.2 Å². The topological polar surface area (TPSA) is 188 Å². The number of methoxy groups -OCH3 is 6. The number of aromatic hydroxyl groups is 1. The van der Waals surface area contributed by atoms with Gasteiger partial charge in [-0.05, 0) is 23.8 Å². The average Bonchev–Trinajstić information content (AvgIpc) is 2.90. The van der Waals surface area contributed by atoms with Crippen molar-refractivity contribution in [2.24, 2.45) is 0 Å². The normalized spacial score (nSPS) is 10.3. The van der Waals surface area contributed by atoms with Gasteiger partial charge in [0.25, 0.3) is 0 Å². The molecule has 0 saturated carbocycles. The van der Waals surface area contributed by atoms with Gasteiger partial charge in [-0.25, -0.2) is 0 Å². The van der Waals surface area contributed by atoms with Crippen LogP contribution in [-0.4, -0.2) is 111 Å². The van der Waals surface area contributed by atoms with Crippen molar-refractivity contribution in [3.63, 3.8) is 0 Å². The minimum Gasteiger partial charge on any atom is -0.504 e. The van der Waals surface area contributed by atoms with Gasteiger partial charge in [-0.15, -0.1) is 0 Å². The van der Waals surface area contributed by atoms with E-state index in [9.17, 15) is 24.9 Å². The molecule has 0 saturated heterocycles. The van der Waals surface area contributed by atoms with Crippen LogP contribution in [0.5, 0.6) is 40.2 Å². The fourth-order valence-electron chi connectivity index (χ4n) is 4.13. The Labute approximate surface area is 249 Å². The maximum absolute atomic E-state index is 11.6. The molecule has 0 aliphatic carbocycles. The second-order valence-electron chi connectivity index (χ2n) is 8.40. The standard InChI is InChI=1S/C26H36N2O11.Fe.H2O/c1-34-18-9-16(10-19(35-2)24(18)37-4)12-27(14-21(29)30)7-8-28(15-22(31)32)13-17-11-20(36-3)25(38-5)26(39-6)23(17)33;;/h9-11,33H,7-8,12-15H2,1-6H3,(H,29,30)(H,31,32);;1H2. The third-order valence-corrected chi connectivity index (χ3v) is 5.86. The number of carboxylic acid groups (broad SMARTS) is 2. The van der Waals surface area contributed by atoms with Crippen LogP contribution in [0.4, 0.5) is 0 Å². The molecule has 0 atom stereocenters. The predicted molar refractivity (Wildman–Crippen MR) is 143 cm³/mol. The first-order chi connectivity index (χ1) is 18.6. The largest absolute Gasteiger partial charge is 0.504 e. The Bertz CT molecular complexity index is 1120. The molecule has 0 aliphatic rings. The Morgan fingerprint density at radius 1 is 0.659 bits per heavy atom. The van der Waals surface area contributed by atoms with Crippen LogP contribution >= 0.6 is 0 Å². The fourth-order valence-corrected chi connectivity index (χ4v) is 4.13. The summed E-state index contributed by atoms with van der Waals surface area (Å²) in [5.41, 5.74) is 1.05. The molecular weight excluding hydrogens is 588 g/mol. The van der Waals surface area contributed by atoms with E-state index >= 15 is 0 Å². The van der Waals surface area contributed by atoms with Crippen molar-refractivity contribution >= 4 is 11.9 Å². The van der Waals surface area contributed by atoms with Crippen LogP contribution < -0.4 is 28.4 Å². The molecule has 41 heavy (non-hydrogen) atoms. The first-order valence-electron chi connectivity index (χ1n) is 11.8. The molecule has 5 N–H and O–H groups in total. The number of carbonyl (C=O) groups is 2. The van der Waals surface area contributed by atoms with Crippen molar-refractivity contribution in [3.8, 4) is 40.2 Å². The van der Waals surface area contributed by atoms with E-state index < -0.39 is 11.9 Å². The molecule has 0 fully saturated rings. The number of hydrogen-bond donors (Lipinski definition) is 3. The average molecular weight is 626 g/mol. The van der Waals surface area contributed by atoms with Crippen LogP contribution in [0.3, 0.4) is 0 Å². The van der Waals surface area contributed by atoms with Crippen LogP contribution in [0.1, 0.15) is 11.1 Å². The molecular formula is C26H38FeN2O12. The maximum Gasteiger partial charge on any atom is 0.317 e. The van der Waals surface area contributed by atoms with Crippen molar-refractivity contribution in [1.29, 1.82) is 0 Å². The molecule has 14 nitrogen and oxygen atoms in total. The summed E-state index contributed by atoms with van der Waals surface area (Å²) in [7, 11) is 8.65. The number of rotatable bonds is 17. The molecule has 2 rings (SSSR count). The van der Waals surface area contributed by atoms with Gasteiger partial charge >= 0.3 is 11.9 Å². The summed E-state index contributed by atoms with van der Waals surface area (Å²) >= 11 is 0. The van der Waals surface area contributed by atoms with E-state index in [2.05, 4.69) is 0 Å². The van der Waals surface area contributed by atoms with Crippen molar-refractivity contribution < 1.29 is 75.9 Å². The molecule has 0 aliphatic heterocycles. The van der Waals surface area contributed by atoms with E-state index in [0.717, 1.165) is 0 Å². The fraction of sp³-hybridized carbons (Fsp3) is 0.462. The maximum atomic E-state index is 11.6. The van der Waals surface area contributed by atoms with Crippen LogP contribution in [0, 0.1) is 0 Å². The van der Waals surface area contributed by atoms with Crippen LogP contribution in [0.15, 0.2) is 18.2 Å². The van der Waals surface area contributed by atoms with E-state index in [-0.39, 0.29) is 79.1 Å². The molecule has 0 heterocycles. The second kappa shape index (κ2) is 17.9. The zero-order valence-electron chi connectivity index (χ0n) is 23.8. The van der Waals surface area contributed by atoms with Crippen molar-refractivity contribution in [2.75, 3.05) is 68.8 Å². The molecule has 0 aromatic heterocycles. The molecule has 2 aromatic rings. The quantitative estimate of drug-likeness (QED) is 0.212. The summed E-state index contributed by atoms with van der Waals surface area (Å²) in [5.74, 6) is -0.545. The Kier molecular flexibility index (Phi) is 16.4. The first-order valence-corrected chi connectivity index (χ1v) is 11.8. The number of nitrogens with zero attached hydrogens (tertiary/aromatic N) is 2. The Morgan fingerprint density at radius 2 is 1.07 bits per heavy atom. The number of phenols is 1. The Morgan fingerprint density at radius 3 is 1.46 bits per heavy atom. The molecule has 0 spiro atoms. The van der Waals surface area contributed by atoms with Gasteiger partial charge in [-0.1, -0.05) is 0 Å². The van der Waals surface area contributed by atoms with Crippen molar-refractivity contribution in [1.82, 2.24) is 9.80 Å². The summed E-state index contributed by atoms with van der Waals surface area (Å²) < 4.78 is 32.0. The number of phenolic OH excluding ortho intramolecular Hbond substituents is 1. The third kappa shape index (κ3) is 10.1. The predicted octanol–water partition coefficient (Wildman–Crippen LogP) is 1.09. The van der Waals surface area contributed by atoms with Gasteiger partial charge in [0.15, 0.2) is 23.0 Å². The minimum atomic E-state index is -1.09. The van der Waals surface area contributed by atoms with Gasteiger partial charge in [0, 0.05) is 48.8 Å². The van der Waals surface area contributed by atoms with E-state index in [1.807, 2.05) is 0 Å². The third-order valence-electron chi connectivity index (χ3n) is 5.86. The summed E-state index contributed by atoms with van der Waals surface area (Å²) in [6.07, 6.45) is 0. The number of benzene rings is 2. The van der Waals surface area contributed by atoms with E-state index in [1.165, 1.54) is 48.7 Å². The molecule has 232 valence electrons. The van der Waals surface area contributed by atoms with E-state index in [1.54, 1.807) is 21.9 Å². The SMILES string of the molecule is COc1cc(CN(CCN(CC(=O)O)Cc2cc(OC)c(OC)c(OC)c2O)CC(=O)O)cc(OC)c1OC.O.[Fe]. The number of aliphatic carboxylic acids is 2. The van der Waals surface area contributed by atoms with Gasteiger partial charge in [0.2, 0.25) is 17.2 Å². The summed E-state index contributed by atoms with van der Waals surface area (Å²) in [6.45, 7) is -0.0744. The zero-order chi connectivity index (χ0) is 29.1. The van der Waals surface area contributed by atoms with Gasteiger partial charge in [-0.3, -0.25) is 19.4 Å². The Hall–Kier alpha value is -3.62. The molecule has 2 aromatic carbocycles. The summed E-state index contributed by atoms with van der Waals surface area (Å²) in [6, 6.07) is 4.98. The zero-order valence-corrected chi connectivity index (χ0v) is 24.9. The molecule has 0 radical (unpaired) electrons. The first kappa shape index (κ1) is 37.4. The van der Waals surface area contributed by atoms with Crippen molar-refractivity contribution in [2.45, 2.75) is 13.1 Å². The number of ether oxygens (including phenoxy) is 6. The number of carboxylic acids is 2. The van der Waals surface area contributed by atoms with Gasteiger partial charge in [0.1, 0.15) is 0 Å². The van der Waals surface area contributed by atoms with Crippen LogP contribution in [0.2, 0.25) is 0 Å². The van der Waals surface area contributed by atoms with E-state index in [4.69, 9.17) is 28.4 Å². The smallest absolute Gasteiger partial charge is 0.317 e. The number of hydrogen-bond acceptors (Lipinski definition) is 11. The molecule has 15 heteroatoms. The summed E-state index contributed by atoms with van der Waals surface area (Å²) in [4.78, 5) is 26.4. The monoisotopic (exact) mass is 626 g/mol.